The summed E-state index contributed by atoms with van der Waals surface area (Å²) in [6, 6.07) is 10.1. The van der Waals surface area contributed by atoms with Crippen molar-refractivity contribution in [1.82, 2.24) is 0 Å². The Balaban J connectivity index is 1.98. The molecule has 0 bridgehead atoms. The Morgan fingerprint density at radius 1 is 1.15 bits per heavy atom. The lowest BCUT2D eigenvalue weighted by Crippen LogP contribution is -2.33. The summed E-state index contributed by atoms with van der Waals surface area (Å²) in [4.78, 5) is 0. The molecule has 1 aromatic rings. The van der Waals surface area contributed by atoms with Gasteiger partial charge in [-0.2, -0.15) is 0 Å². The Morgan fingerprint density at radius 2 is 1.92 bits per heavy atom. The fourth-order valence-electron chi connectivity index (χ4n) is 1.77. The van der Waals surface area contributed by atoms with Gasteiger partial charge in [0, 0.05) is 6.04 Å². The van der Waals surface area contributed by atoms with Gasteiger partial charge in [-0.05, 0) is 31.4 Å². The number of ether oxygens (including phenoxy) is 1. The summed E-state index contributed by atoms with van der Waals surface area (Å²) in [5, 5.41) is 0. The van der Waals surface area contributed by atoms with Gasteiger partial charge in [0.15, 0.2) is 0 Å². The zero-order chi connectivity index (χ0) is 9.10. The van der Waals surface area contributed by atoms with Crippen LogP contribution in [0.2, 0.25) is 0 Å². The average molecular weight is 177 g/mol. The number of nitrogens with two attached hydrogens (primary N) is 1. The molecule has 2 rings (SSSR count). The normalized spacial score (nSPS) is 27.5. The summed E-state index contributed by atoms with van der Waals surface area (Å²) in [5.74, 6) is 0.935. The molecule has 2 N–H and O–H groups in total. The SMILES string of the molecule is N[C@H]1CCC[C@H]1Oc1ccccc1. The second kappa shape index (κ2) is 3.79. The molecule has 0 saturated heterocycles. The maximum atomic E-state index is 5.90. The molecule has 1 saturated carbocycles. The number of benzene rings is 1. The molecule has 0 spiro atoms. The van der Waals surface area contributed by atoms with Crippen molar-refractivity contribution in [1.29, 1.82) is 0 Å². The highest BCUT2D eigenvalue weighted by molar-refractivity contribution is 5.21. The van der Waals surface area contributed by atoms with E-state index >= 15 is 0 Å². The van der Waals surface area contributed by atoms with E-state index in [1.54, 1.807) is 0 Å². The highest BCUT2D eigenvalue weighted by Crippen LogP contribution is 2.22. The Morgan fingerprint density at radius 3 is 2.54 bits per heavy atom. The lowest BCUT2D eigenvalue weighted by atomic mass is 10.2. The van der Waals surface area contributed by atoms with Crippen molar-refractivity contribution in [2.45, 2.75) is 31.4 Å². The summed E-state index contributed by atoms with van der Waals surface area (Å²) in [6.45, 7) is 0. The number of para-hydroxylation sites is 1. The van der Waals surface area contributed by atoms with Crippen LogP contribution < -0.4 is 10.5 Å². The van der Waals surface area contributed by atoms with Gasteiger partial charge in [0.2, 0.25) is 0 Å². The standard InChI is InChI=1S/C11H15NO/c12-10-7-4-8-11(10)13-9-5-2-1-3-6-9/h1-3,5-6,10-11H,4,7-8,12H2/t10-,11+/m0/s1. The summed E-state index contributed by atoms with van der Waals surface area (Å²) in [5.41, 5.74) is 5.90. The monoisotopic (exact) mass is 177 g/mol. The molecular weight excluding hydrogens is 162 g/mol. The molecular formula is C11H15NO. The molecule has 13 heavy (non-hydrogen) atoms. The largest absolute Gasteiger partial charge is 0.489 e. The van der Waals surface area contributed by atoms with Gasteiger partial charge >= 0.3 is 0 Å². The van der Waals surface area contributed by atoms with Crippen LogP contribution in [0, 0.1) is 0 Å². The van der Waals surface area contributed by atoms with Gasteiger partial charge in [0.1, 0.15) is 11.9 Å². The molecule has 0 aromatic heterocycles. The third kappa shape index (κ3) is 2.01. The number of rotatable bonds is 2. The van der Waals surface area contributed by atoms with Crippen molar-refractivity contribution in [3.8, 4) is 5.75 Å². The second-order valence-electron chi connectivity index (χ2n) is 3.56. The van der Waals surface area contributed by atoms with Gasteiger partial charge in [-0.15, -0.1) is 0 Å². The minimum atomic E-state index is 0.222. The maximum absolute atomic E-state index is 5.90. The Kier molecular flexibility index (Phi) is 2.50. The molecule has 2 nitrogen and oxygen atoms in total. The van der Waals surface area contributed by atoms with Gasteiger partial charge in [0.05, 0.1) is 0 Å². The Labute approximate surface area is 78.7 Å². The molecule has 0 unspecified atom stereocenters. The first kappa shape index (κ1) is 8.57. The number of hydrogen-bond donors (Lipinski definition) is 1. The van der Waals surface area contributed by atoms with Crippen LogP contribution in [0.15, 0.2) is 30.3 Å². The smallest absolute Gasteiger partial charge is 0.119 e. The third-order valence-corrected chi connectivity index (χ3v) is 2.53. The van der Waals surface area contributed by atoms with E-state index < -0.39 is 0 Å². The van der Waals surface area contributed by atoms with E-state index in [9.17, 15) is 0 Å². The zero-order valence-corrected chi connectivity index (χ0v) is 7.65. The second-order valence-corrected chi connectivity index (χ2v) is 3.56. The van der Waals surface area contributed by atoms with E-state index in [0.717, 1.165) is 18.6 Å². The summed E-state index contributed by atoms with van der Waals surface area (Å²) >= 11 is 0. The van der Waals surface area contributed by atoms with E-state index in [4.69, 9.17) is 10.5 Å². The van der Waals surface area contributed by atoms with E-state index in [2.05, 4.69) is 0 Å². The third-order valence-electron chi connectivity index (χ3n) is 2.53. The van der Waals surface area contributed by atoms with E-state index in [1.165, 1.54) is 6.42 Å². The van der Waals surface area contributed by atoms with Crippen molar-refractivity contribution in [2.75, 3.05) is 0 Å². The predicted molar refractivity (Wildman–Crippen MR) is 52.7 cm³/mol. The van der Waals surface area contributed by atoms with Crippen LogP contribution in [-0.2, 0) is 0 Å². The van der Waals surface area contributed by atoms with Crippen LogP contribution in [0.4, 0.5) is 0 Å². The molecule has 2 atom stereocenters. The summed E-state index contributed by atoms with van der Waals surface area (Å²) < 4.78 is 5.76. The van der Waals surface area contributed by atoms with E-state index in [-0.39, 0.29) is 12.1 Å². The quantitative estimate of drug-likeness (QED) is 0.749. The van der Waals surface area contributed by atoms with Crippen molar-refractivity contribution >= 4 is 0 Å². The molecule has 0 amide bonds. The van der Waals surface area contributed by atoms with Gasteiger partial charge in [-0.25, -0.2) is 0 Å². The minimum absolute atomic E-state index is 0.222. The van der Waals surface area contributed by atoms with Gasteiger partial charge < -0.3 is 10.5 Å². The zero-order valence-electron chi connectivity index (χ0n) is 7.65. The minimum Gasteiger partial charge on any atom is -0.489 e. The van der Waals surface area contributed by atoms with Crippen molar-refractivity contribution < 1.29 is 4.74 Å². The van der Waals surface area contributed by atoms with Crippen LogP contribution in [0.25, 0.3) is 0 Å². The van der Waals surface area contributed by atoms with E-state index in [0.29, 0.717) is 0 Å². The van der Waals surface area contributed by atoms with Crippen molar-refractivity contribution in [3.63, 3.8) is 0 Å². The molecule has 1 aliphatic carbocycles. The molecule has 0 heterocycles. The van der Waals surface area contributed by atoms with Crippen LogP contribution in [0.1, 0.15) is 19.3 Å². The van der Waals surface area contributed by atoms with Crippen LogP contribution in [0.5, 0.6) is 5.75 Å². The van der Waals surface area contributed by atoms with Crippen LogP contribution >= 0.6 is 0 Å². The first-order valence-corrected chi connectivity index (χ1v) is 4.83. The average Bonchev–Trinajstić information content (AvgIpc) is 2.54. The molecule has 1 aliphatic rings. The van der Waals surface area contributed by atoms with Crippen molar-refractivity contribution in [3.05, 3.63) is 30.3 Å². The highest BCUT2D eigenvalue weighted by Gasteiger charge is 2.25. The molecule has 1 fully saturated rings. The molecule has 0 aliphatic heterocycles. The van der Waals surface area contributed by atoms with Gasteiger partial charge in [-0.3, -0.25) is 0 Å². The van der Waals surface area contributed by atoms with Crippen LogP contribution in [0.3, 0.4) is 0 Å². The molecule has 70 valence electrons. The predicted octanol–water partition coefficient (Wildman–Crippen LogP) is 1.95. The lowest BCUT2D eigenvalue weighted by molar-refractivity contribution is 0.191. The fourth-order valence-corrected chi connectivity index (χ4v) is 1.77. The maximum Gasteiger partial charge on any atom is 0.119 e. The van der Waals surface area contributed by atoms with Gasteiger partial charge in [0.25, 0.3) is 0 Å². The summed E-state index contributed by atoms with van der Waals surface area (Å²) in [6.07, 6.45) is 3.61. The van der Waals surface area contributed by atoms with Crippen LogP contribution in [-0.4, -0.2) is 12.1 Å². The molecule has 2 heteroatoms. The first-order valence-electron chi connectivity index (χ1n) is 4.83. The topological polar surface area (TPSA) is 35.2 Å². The van der Waals surface area contributed by atoms with Crippen molar-refractivity contribution in [2.24, 2.45) is 5.73 Å². The van der Waals surface area contributed by atoms with E-state index in [1.807, 2.05) is 30.3 Å². The Bertz CT molecular complexity index is 260. The fraction of sp³-hybridized carbons (Fsp3) is 0.455. The molecule has 1 aromatic carbocycles. The van der Waals surface area contributed by atoms with Gasteiger partial charge in [-0.1, -0.05) is 18.2 Å². The Hall–Kier alpha value is -1.02. The lowest BCUT2D eigenvalue weighted by Gasteiger charge is -2.17. The molecule has 0 radical (unpaired) electrons. The summed E-state index contributed by atoms with van der Waals surface area (Å²) in [7, 11) is 0. The highest BCUT2D eigenvalue weighted by atomic mass is 16.5. The number of hydrogen-bond acceptors (Lipinski definition) is 2. The first-order chi connectivity index (χ1) is 6.36.